The Morgan fingerprint density at radius 1 is 1.21 bits per heavy atom. The van der Waals surface area contributed by atoms with Crippen LogP contribution in [0.4, 0.5) is 5.82 Å². The summed E-state index contributed by atoms with van der Waals surface area (Å²) in [6.45, 7) is 11.4. The molecule has 1 saturated heterocycles. The number of ether oxygens (including phenoxy) is 1. The van der Waals surface area contributed by atoms with Crippen LogP contribution in [-0.4, -0.2) is 76.6 Å². The Morgan fingerprint density at radius 3 is 2.69 bits per heavy atom. The van der Waals surface area contributed by atoms with E-state index in [2.05, 4.69) is 72.7 Å². The summed E-state index contributed by atoms with van der Waals surface area (Å²) in [7, 11) is 0. The van der Waals surface area contributed by atoms with Crippen molar-refractivity contribution in [3.63, 3.8) is 0 Å². The standard InChI is InChI=1S/C30H42N8O4/c1-16(2)36(13-22-25(39)26(40)29(42-22)37-14-32-24-27(31)33-15-38(41)28(24)37)19-10-17(11-19)6-9-23-34-20-8-7-18(30(3,4)5)12-21(20)35-23/h7-8,12,14-17,19,22,25-26,29,39-40H,6,9-11,13H2,1-5H3,(H2,31,33)(H,34,35)/t17?,19?,22-,25-,26-,29-/m1/s1. The second-order valence-electron chi connectivity index (χ2n) is 13.3. The summed E-state index contributed by atoms with van der Waals surface area (Å²) in [5.41, 5.74) is 9.72. The van der Waals surface area contributed by atoms with Crippen LogP contribution in [0.15, 0.2) is 30.9 Å². The van der Waals surface area contributed by atoms with Crippen LogP contribution in [0.5, 0.6) is 0 Å². The Kier molecular flexibility index (Phi) is 7.37. The van der Waals surface area contributed by atoms with Gasteiger partial charge in [0.2, 0.25) is 18.4 Å². The Hall–Kier alpha value is -3.32. The molecule has 2 fully saturated rings. The molecule has 4 atom stereocenters. The predicted octanol–water partition coefficient (Wildman–Crippen LogP) is 2.56. The Labute approximate surface area is 245 Å². The molecule has 0 unspecified atom stereocenters. The van der Waals surface area contributed by atoms with Crippen molar-refractivity contribution < 1.29 is 19.7 Å². The van der Waals surface area contributed by atoms with Gasteiger partial charge in [0.1, 0.15) is 24.1 Å². The number of anilines is 1. The number of aliphatic hydroxyl groups excluding tert-OH is 2. The van der Waals surface area contributed by atoms with Crippen LogP contribution in [-0.2, 0) is 16.6 Å². The summed E-state index contributed by atoms with van der Waals surface area (Å²) in [6, 6.07) is 7.11. The molecule has 0 amide bonds. The first-order chi connectivity index (χ1) is 19.9. The molecule has 0 radical (unpaired) electrons. The number of aromatic amines is 1. The fraction of sp³-hybridized carbons (Fsp3) is 0.600. The number of hydrogen-bond acceptors (Lipinski definition) is 9. The van der Waals surface area contributed by atoms with Gasteiger partial charge in [-0.15, -0.1) is 0 Å². The first-order valence-corrected chi connectivity index (χ1v) is 14.9. The number of nitrogens with two attached hydrogens (primary N) is 1. The highest BCUT2D eigenvalue weighted by Gasteiger charge is 2.48. The van der Waals surface area contributed by atoms with Crippen LogP contribution in [0.2, 0.25) is 0 Å². The van der Waals surface area contributed by atoms with E-state index >= 15 is 0 Å². The fourth-order valence-electron chi connectivity index (χ4n) is 6.46. The summed E-state index contributed by atoms with van der Waals surface area (Å²) in [5, 5.41) is 34.3. The first-order valence-electron chi connectivity index (χ1n) is 14.9. The number of nitrogens with zero attached hydrogens (tertiary/aromatic N) is 6. The summed E-state index contributed by atoms with van der Waals surface area (Å²) in [4.78, 5) is 18.7. The number of aryl methyl sites for hydroxylation is 1. The van der Waals surface area contributed by atoms with Gasteiger partial charge in [-0.25, -0.2) is 19.3 Å². The van der Waals surface area contributed by atoms with Gasteiger partial charge >= 0.3 is 0 Å². The molecule has 6 rings (SSSR count). The lowest BCUT2D eigenvalue weighted by molar-refractivity contribution is -0.584. The van der Waals surface area contributed by atoms with Crippen LogP contribution >= 0.6 is 0 Å². The molecule has 12 heteroatoms. The average Bonchev–Trinajstić information content (AvgIpc) is 3.60. The maximum Gasteiger partial charge on any atom is 0.263 e. The Bertz CT molecular complexity index is 1570. The van der Waals surface area contributed by atoms with Crippen LogP contribution in [0, 0.1) is 11.1 Å². The van der Waals surface area contributed by atoms with E-state index in [9.17, 15) is 15.4 Å². The van der Waals surface area contributed by atoms with Gasteiger partial charge in [-0.05, 0) is 62.1 Å². The van der Waals surface area contributed by atoms with Gasteiger partial charge in [0.05, 0.1) is 11.0 Å². The fourth-order valence-corrected chi connectivity index (χ4v) is 6.46. The van der Waals surface area contributed by atoms with E-state index in [0.29, 0.717) is 23.2 Å². The number of hydrogen-bond donors (Lipinski definition) is 4. The molecule has 1 aliphatic carbocycles. The SMILES string of the molecule is CC(C)N(C[C@H]1O[C@@H](n2cnc3c(N)nc[n+]([O-])c32)[C@H](O)[C@@H]1O)C1CC(CCc2nc3cc(C(C)(C)C)ccc3[nH]2)C1. The highest BCUT2D eigenvalue weighted by atomic mass is 16.6. The summed E-state index contributed by atoms with van der Waals surface area (Å²) in [5.74, 6) is 1.75. The van der Waals surface area contributed by atoms with Gasteiger partial charge in [0.25, 0.3) is 5.65 Å². The number of benzene rings is 1. The van der Waals surface area contributed by atoms with Gasteiger partial charge in [0, 0.05) is 25.0 Å². The van der Waals surface area contributed by atoms with Gasteiger partial charge in [-0.2, -0.15) is 0 Å². The summed E-state index contributed by atoms with van der Waals surface area (Å²) in [6.07, 6.45) is 2.61. The lowest BCUT2D eigenvalue weighted by Gasteiger charge is -2.46. The molecule has 0 bridgehead atoms. The molecular weight excluding hydrogens is 536 g/mol. The summed E-state index contributed by atoms with van der Waals surface area (Å²) >= 11 is 0. The van der Waals surface area contributed by atoms with E-state index in [-0.39, 0.29) is 28.4 Å². The van der Waals surface area contributed by atoms with Crippen molar-refractivity contribution in [1.29, 1.82) is 0 Å². The van der Waals surface area contributed by atoms with E-state index in [1.54, 1.807) is 0 Å². The quantitative estimate of drug-likeness (QED) is 0.182. The molecular formula is C30H42N8O4. The molecule has 12 nitrogen and oxygen atoms in total. The number of rotatable bonds is 8. The van der Waals surface area contributed by atoms with Crippen LogP contribution in [0.25, 0.3) is 22.2 Å². The monoisotopic (exact) mass is 578 g/mol. The van der Waals surface area contributed by atoms with Crippen molar-refractivity contribution in [2.75, 3.05) is 12.3 Å². The second kappa shape index (κ2) is 10.7. The van der Waals surface area contributed by atoms with Gasteiger partial charge in [0.15, 0.2) is 11.8 Å². The maximum absolute atomic E-state index is 12.4. The van der Waals surface area contributed by atoms with Crippen molar-refractivity contribution in [1.82, 2.24) is 29.4 Å². The topological polar surface area (TPSA) is 165 Å². The van der Waals surface area contributed by atoms with Gasteiger partial charge in [-0.1, -0.05) is 31.8 Å². The number of H-pyrrole nitrogens is 1. The third-order valence-electron chi connectivity index (χ3n) is 9.05. The molecule has 3 aromatic heterocycles. The molecule has 2 aliphatic rings. The van der Waals surface area contributed by atoms with Crippen molar-refractivity contribution in [2.24, 2.45) is 5.92 Å². The third-order valence-corrected chi connectivity index (χ3v) is 9.05. The Balaban J connectivity index is 1.07. The van der Waals surface area contributed by atoms with Crippen molar-refractivity contribution >= 4 is 28.0 Å². The number of aliphatic hydroxyl groups is 2. The molecule has 226 valence electrons. The van der Waals surface area contributed by atoms with Crippen molar-refractivity contribution in [3.8, 4) is 0 Å². The minimum atomic E-state index is -1.23. The van der Waals surface area contributed by atoms with Crippen molar-refractivity contribution in [3.05, 3.63) is 47.4 Å². The van der Waals surface area contributed by atoms with Gasteiger partial charge < -0.3 is 30.9 Å². The second-order valence-corrected chi connectivity index (χ2v) is 13.3. The molecule has 4 aromatic rings. The zero-order valence-corrected chi connectivity index (χ0v) is 24.9. The lowest BCUT2D eigenvalue weighted by atomic mass is 9.76. The van der Waals surface area contributed by atoms with E-state index in [0.717, 1.165) is 48.9 Å². The highest BCUT2D eigenvalue weighted by molar-refractivity contribution is 5.79. The van der Waals surface area contributed by atoms with E-state index in [4.69, 9.17) is 15.5 Å². The van der Waals surface area contributed by atoms with Crippen molar-refractivity contribution in [2.45, 2.75) is 102 Å². The van der Waals surface area contributed by atoms with Crippen LogP contribution < -0.4 is 10.5 Å². The number of fused-ring (bicyclic) bond motifs is 2. The first kappa shape index (κ1) is 28.8. The van der Waals surface area contributed by atoms with Crippen LogP contribution in [0.3, 0.4) is 0 Å². The minimum Gasteiger partial charge on any atom is -0.740 e. The largest absolute Gasteiger partial charge is 0.740 e. The minimum absolute atomic E-state index is 0.0920. The lowest BCUT2D eigenvalue weighted by Crippen LogP contribution is -2.52. The molecule has 1 aromatic carbocycles. The molecule has 1 aliphatic heterocycles. The maximum atomic E-state index is 12.4. The number of imidazole rings is 2. The highest BCUT2D eigenvalue weighted by Crippen LogP contribution is 2.38. The smallest absolute Gasteiger partial charge is 0.263 e. The molecule has 0 spiro atoms. The number of nitrogens with one attached hydrogen (secondary N) is 1. The van der Waals surface area contributed by atoms with Crippen LogP contribution in [0.1, 0.15) is 71.5 Å². The third kappa shape index (κ3) is 5.21. The molecule has 42 heavy (non-hydrogen) atoms. The zero-order chi connectivity index (χ0) is 29.9. The zero-order valence-electron chi connectivity index (χ0n) is 24.9. The molecule has 1 saturated carbocycles. The van der Waals surface area contributed by atoms with E-state index < -0.39 is 24.5 Å². The van der Waals surface area contributed by atoms with E-state index in [1.807, 2.05) is 0 Å². The predicted molar refractivity (Wildman–Crippen MR) is 158 cm³/mol. The molecule has 4 heterocycles. The van der Waals surface area contributed by atoms with Gasteiger partial charge in [-0.3, -0.25) is 4.90 Å². The normalized spacial score (nSPS) is 26.6. The number of nitrogen functional groups attached to an aromatic ring is 1. The Morgan fingerprint density at radius 2 is 1.98 bits per heavy atom. The average molecular weight is 579 g/mol. The molecule has 5 N–H and O–H groups in total. The van der Waals surface area contributed by atoms with E-state index in [1.165, 1.54) is 16.5 Å². The number of aromatic nitrogens is 6. The summed E-state index contributed by atoms with van der Waals surface area (Å²) < 4.78 is 8.14.